The number of nitrogens with one attached hydrogen (secondary N) is 1. The lowest BCUT2D eigenvalue weighted by Crippen LogP contribution is -2.41. The number of carbonyl (C=O) groups is 1. The lowest BCUT2D eigenvalue weighted by atomic mass is 9.94. The monoisotopic (exact) mass is 589 g/mol. The normalized spacial score (nSPS) is 16.9. The first-order valence-corrected chi connectivity index (χ1v) is 14.2. The van der Waals surface area contributed by atoms with Gasteiger partial charge in [-0.25, -0.2) is 9.37 Å². The average molecular weight is 591 g/mol. The van der Waals surface area contributed by atoms with Crippen LogP contribution in [0.4, 0.5) is 4.39 Å². The van der Waals surface area contributed by atoms with Gasteiger partial charge in [-0.05, 0) is 49.6 Å². The Morgan fingerprint density at radius 2 is 1.90 bits per heavy atom. The molecule has 1 fully saturated rings. The van der Waals surface area contributed by atoms with Crippen LogP contribution in [-0.2, 0) is 17.8 Å². The summed E-state index contributed by atoms with van der Waals surface area (Å²) in [5, 5.41) is 3.87. The van der Waals surface area contributed by atoms with Gasteiger partial charge in [0.15, 0.2) is 0 Å². The Hall–Kier alpha value is -3.52. The minimum absolute atomic E-state index is 0.0902. The molecule has 209 valence electrons. The third kappa shape index (κ3) is 5.42. The number of pyridine rings is 2. The Balaban J connectivity index is 1.31. The third-order valence-corrected chi connectivity index (χ3v) is 8.58. The van der Waals surface area contributed by atoms with Gasteiger partial charge < -0.3 is 10.1 Å². The van der Waals surface area contributed by atoms with Crippen molar-refractivity contribution in [3.05, 3.63) is 94.2 Å². The Labute approximate surface area is 248 Å². The van der Waals surface area contributed by atoms with Crippen molar-refractivity contribution in [2.75, 3.05) is 20.2 Å². The smallest absolute Gasteiger partial charge is 0.220 e. The van der Waals surface area contributed by atoms with Crippen molar-refractivity contribution in [2.24, 2.45) is 0 Å². The molecule has 6 rings (SSSR count). The molecule has 2 aromatic heterocycles. The van der Waals surface area contributed by atoms with E-state index in [1.54, 1.807) is 19.4 Å². The van der Waals surface area contributed by atoms with Crippen LogP contribution in [0.3, 0.4) is 0 Å². The first-order chi connectivity index (χ1) is 19.8. The van der Waals surface area contributed by atoms with Crippen LogP contribution in [0.25, 0.3) is 33.6 Å². The highest BCUT2D eigenvalue weighted by atomic mass is 35.5. The fourth-order valence-electron chi connectivity index (χ4n) is 5.68. The van der Waals surface area contributed by atoms with Gasteiger partial charge in [-0.1, -0.05) is 47.5 Å². The van der Waals surface area contributed by atoms with E-state index < -0.39 is 0 Å². The van der Waals surface area contributed by atoms with Gasteiger partial charge in [-0.3, -0.25) is 14.7 Å². The van der Waals surface area contributed by atoms with Crippen molar-refractivity contribution in [1.82, 2.24) is 20.2 Å². The summed E-state index contributed by atoms with van der Waals surface area (Å²) in [7, 11) is 1.55. The molecule has 0 saturated carbocycles. The van der Waals surface area contributed by atoms with E-state index in [9.17, 15) is 4.79 Å². The van der Waals surface area contributed by atoms with Crippen molar-refractivity contribution in [3.63, 3.8) is 0 Å². The maximum atomic E-state index is 15.5. The molecular formula is C32H28Cl2FN4O2. The minimum Gasteiger partial charge on any atom is -0.481 e. The highest BCUT2D eigenvalue weighted by molar-refractivity contribution is 6.39. The number of hydrogen-bond acceptors (Lipinski definition) is 5. The van der Waals surface area contributed by atoms with Gasteiger partial charge in [-0.2, -0.15) is 0 Å². The molecule has 2 aliphatic heterocycles. The molecule has 41 heavy (non-hydrogen) atoms. The van der Waals surface area contributed by atoms with Crippen LogP contribution in [0.15, 0.2) is 54.7 Å². The average Bonchev–Trinajstić information content (AvgIpc) is 3.38. The molecule has 2 aliphatic rings. The van der Waals surface area contributed by atoms with Crippen LogP contribution >= 0.6 is 23.2 Å². The van der Waals surface area contributed by atoms with Crippen LogP contribution in [-0.4, -0.2) is 47.0 Å². The maximum absolute atomic E-state index is 15.5. The Kier molecular flexibility index (Phi) is 7.68. The number of methoxy groups -OCH3 is 1. The van der Waals surface area contributed by atoms with Gasteiger partial charge in [0.2, 0.25) is 11.8 Å². The lowest BCUT2D eigenvalue weighted by molar-refractivity contribution is -0.119. The Bertz CT molecular complexity index is 1660. The van der Waals surface area contributed by atoms with Crippen LogP contribution in [0.2, 0.25) is 10.0 Å². The number of amides is 1. The molecule has 4 aromatic rings. The van der Waals surface area contributed by atoms with E-state index in [2.05, 4.69) is 27.1 Å². The third-order valence-electron chi connectivity index (χ3n) is 7.79. The van der Waals surface area contributed by atoms with E-state index in [-0.39, 0.29) is 17.8 Å². The first-order valence-electron chi connectivity index (χ1n) is 13.5. The van der Waals surface area contributed by atoms with E-state index in [0.29, 0.717) is 74.5 Å². The number of rotatable bonds is 6. The van der Waals surface area contributed by atoms with E-state index >= 15 is 4.39 Å². The second-order valence-electron chi connectivity index (χ2n) is 10.4. The summed E-state index contributed by atoms with van der Waals surface area (Å²) in [6.07, 6.45) is 3.75. The largest absolute Gasteiger partial charge is 0.481 e. The Morgan fingerprint density at radius 3 is 2.68 bits per heavy atom. The highest BCUT2D eigenvalue weighted by Gasteiger charge is 2.27. The van der Waals surface area contributed by atoms with Crippen molar-refractivity contribution in [2.45, 2.75) is 31.8 Å². The van der Waals surface area contributed by atoms with Gasteiger partial charge >= 0.3 is 0 Å². The molecule has 1 atom stereocenters. The molecule has 6 nitrogen and oxygen atoms in total. The quantitative estimate of drug-likeness (QED) is 0.269. The van der Waals surface area contributed by atoms with E-state index in [1.807, 2.05) is 36.4 Å². The van der Waals surface area contributed by atoms with Gasteiger partial charge in [-0.15, -0.1) is 0 Å². The SMILES string of the molecule is [CH2]c1ccc(-c2cccc(-c3ccnc(-c4cc(F)c5c(c4)CCN(C[C@@H]4CCC(=O)N4)C5)c3Cl)c2Cl)nc1OC. The molecule has 9 heteroatoms. The summed E-state index contributed by atoms with van der Waals surface area (Å²) >= 11 is 13.9. The molecular weight excluding hydrogens is 562 g/mol. The zero-order valence-electron chi connectivity index (χ0n) is 22.5. The standard InChI is InChI=1S/C32H28Cl2FN4O2/c1-18-6-8-27(38-32(18)41-2)24-5-3-4-22(29(24)33)23-10-12-36-31(30(23)34)20-14-19-11-13-39(17-25(19)26(35)15-20)16-21-7-9-28(40)37-21/h3-6,8,10,12,14-15,21H,1,7,9,11,13,16-17H2,2H3,(H,37,40)/t21-/m0/s1. The predicted octanol–water partition coefficient (Wildman–Crippen LogP) is 6.75. The predicted molar refractivity (Wildman–Crippen MR) is 159 cm³/mol. The molecule has 2 aromatic carbocycles. The topological polar surface area (TPSA) is 67.4 Å². The van der Waals surface area contributed by atoms with Crippen molar-refractivity contribution in [3.8, 4) is 39.5 Å². The molecule has 0 spiro atoms. The summed E-state index contributed by atoms with van der Waals surface area (Å²) in [6, 6.07) is 14.8. The number of fused-ring (bicyclic) bond motifs is 1. The number of hydrogen-bond donors (Lipinski definition) is 1. The van der Waals surface area contributed by atoms with E-state index in [0.717, 1.165) is 30.6 Å². The summed E-state index contributed by atoms with van der Waals surface area (Å²) in [5.74, 6) is 0.235. The maximum Gasteiger partial charge on any atom is 0.220 e. The number of benzene rings is 2. The zero-order valence-corrected chi connectivity index (χ0v) is 24.0. The van der Waals surface area contributed by atoms with Crippen LogP contribution < -0.4 is 10.1 Å². The fourth-order valence-corrected chi connectivity index (χ4v) is 6.33. The summed E-state index contributed by atoms with van der Waals surface area (Å²) < 4.78 is 20.8. The minimum atomic E-state index is -0.283. The van der Waals surface area contributed by atoms with E-state index in [4.69, 9.17) is 27.9 Å². The molecule has 4 heterocycles. The second kappa shape index (κ2) is 11.4. The van der Waals surface area contributed by atoms with Crippen LogP contribution in [0.5, 0.6) is 5.88 Å². The van der Waals surface area contributed by atoms with Gasteiger partial charge in [0.25, 0.3) is 0 Å². The van der Waals surface area contributed by atoms with Gasteiger partial charge in [0.05, 0.1) is 28.5 Å². The van der Waals surface area contributed by atoms with Gasteiger partial charge in [0, 0.05) is 71.7 Å². The number of aromatic nitrogens is 2. The first kappa shape index (κ1) is 27.6. The number of carbonyl (C=O) groups excluding carboxylic acids is 1. The highest BCUT2D eigenvalue weighted by Crippen LogP contribution is 2.42. The number of halogens is 3. The van der Waals surface area contributed by atoms with Crippen LogP contribution in [0, 0.1) is 12.7 Å². The molecule has 1 amide bonds. The molecule has 1 saturated heterocycles. The number of nitrogens with zero attached hydrogens (tertiary/aromatic N) is 3. The Morgan fingerprint density at radius 1 is 1.10 bits per heavy atom. The number of ether oxygens (including phenoxy) is 1. The van der Waals surface area contributed by atoms with Gasteiger partial charge in [0.1, 0.15) is 5.82 Å². The molecule has 1 radical (unpaired) electrons. The van der Waals surface area contributed by atoms with Crippen LogP contribution in [0.1, 0.15) is 29.5 Å². The van der Waals surface area contributed by atoms with Crippen molar-refractivity contribution >= 4 is 29.1 Å². The summed E-state index contributed by atoms with van der Waals surface area (Å²) in [5.41, 5.74) is 6.19. The molecule has 0 unspecified atom stereocenters. The van der Waals surface area contributed by atoms with Crippen molar-refractivity contribution < 1.29 is 13.9 Å². The molecule has 1 N–H and O–H groups in total. The van der Waals surface area contributed by atoms with E-state index in [1.165, 1.54) is 6.07 Å². The summed E-state index contributed by atoms with van der Waals surface area (Å²) in [6.45, 7) is 5.96. The summed E-state index contributed by atoms with van der Waals surface area (Å²) in [4.78, 5) is 22.9. The van der Waals surface area contributed by atoms with Crippen molar-refractivity contribution in [1.29, 1.82) is 0 Å². The zero-order chi connectivity index (χ0) is 28.7. The molecule has 0 bridgehead atoms. The fraction of sp³-hybridized carbons (Fsp3) is 0.250. The molecule has 0 aliphatic carbocycles. The second-order valence-corrected chi connectivity index (χ2v) is 11.2. The lowest BCUT2D eigenvalue weighted by Gasteiger charge is -2.31.